The molecule has 0 spiro atoms. The van der Waals surface area contributed by atoms with Crippen LogP contribution in [0.15, 0.2) is 48.5 Å². The third-order valence-electron chi connectivity index (χ3n) is 3.98. The number of rotatable bonds is 7. The normalized spacial score (nSPS) is 10.9. The lowest BCUT2D eigenvalue weighted by atomic mass is 10.3. The number of nitrogen functional groups attached to an aromatic ring is 1. The Morgan fingerprint density at radius 3 is 2.54 bits per heavy atom. The number of imidazole rings is 1. The highest BCUT2D eigenvalue weighted by Gasteiger charge is 2.20. The van der Waals surface area contributed by atoms with Gasteiger partial charge >= 0.3 is 5.95 Å². The number of aliphatic hydroxyl groups is 1. The van der Waals surface area contributed by atoms with Crippen LogP contribution in [0.1, 0.15) is 0 Å². The maximum absolute atomic E-state index is 9.27. The number of nitrogens with two attached hydrogens (primary N) is 1. The van der Waals surface area contributed by atoms with Gasteiger partial charge in [-0.3, -0.25) is 5.73 Å². The van der Waals surface area contributed by atoms with E-state index in [1.165, 1.54) is 0 Å². The monoisotopic (exact) mass is 328 g/mol. The highest BCUT2D eigenvalue weighted by Crippen LogP contribution is 2.26. The van der Waals surface area contributed by atoms with Crippen LogP contribution in [0.5, 0.6) is 11.5 Å². The molecule has 1 aromatic heterocycles. The van der Waals surface area contributed by atoms with Gasteiger partial charge in [0.2, 0.25) is 0 Å². The number of hydrogen-bond donors (Lipinski definition) is 2. The Morgan fingerprint density at radius 1 is 1.08 bits per heavy atom. The van der Waals surface area contributed by atoms with Gasteiger partial charge in [-0.1, -0.05) is 24.3 Å². The Kier molecular flexibility index (Phi) is 4.86. The van der Waals surface area contributed by atoms with Gasteiger partial charge in [-0.05, 0) is 24.3 Å². The fraction of sp³-hybridized carbons (Fsp3) is 0.278. The number of nitrogens with zero attached hydrogens (tertiary/aromatic N) is 2. The molecule has 3 aromatic rings. The molecule has 0 bridgehead atoms. The van der Waals surface area contributed by atoms with Crippen LogP contribution in [0.4, 0.5) is 5.95 Å². The summed E-state index contributed by atoms with van der Waals surface area (Å²) in [6.07, 6.45) is 0. The lowest BCUT2D eigenvalue weighted by Crippen LogP contribution is -2.38. The average molecular weight is 328 g/mol. The Balaban J connectivity index is 1.81. The lowest BCUT2D eigenvalue weighted by molar-refractivity contribution is -0.658. The van der Waals surface area contributed by atoms with Gasteiger partial charge in [0.15, 0.2) is 11.5 Å². The summed E-state index contributed by atoms with van der Waals surface area (Å²) < 4.78 is 15.1. The summed E-state index contributed by atoms with van der Waals surface area (Å²) >= 11 is 0. The SMILES string of the molecule is COc1ccccc1OCCn1c(N)[n+](CCO)c2ccccc21. The zero-order valence-electron chi connectivity index (χ0n) is 13.7. The van der Waals surface area contributed by atoms with Crippen molar-refractivity contribution in [1.29, 1.82) is 0 Å². The van der Waals surface area contributed by atoms with Crippen molar-refractivity contribution in [2.24, 2.45) is 0 Å². The van der Waals surface area contributed by atoms with Crippen LogP contribution in [0.2, 0.25) is 0 Å². The van der Waals surface area contributed by atoms with Crippen molar-refractivity contribution in [3.8, 4) is 11.5 Å². The number of anilines is 1. The molecule has 0 aliphatic carbocycles. The average Bonchev–Trinajstić information content (AvgIpc) is 2.88. The molecule has 0 aliphatic rings. The van der Waals surface area contributed by atoms with Gasteiger partial charge in [-0.15, -0.1) is 0 Å². The van der Waals surface area contributed by atoms with Crippen molar-refractivity contribution in [1.82, 2.24) is 4.57 Å². The van der Waals surface area contributed by atoms with E-state index in [0.717, 1.165) is 11.0 Å². The minimum atomic E-state index is 0.0423. The number of para-hydroxylation sites is 4. The van der Waals surface area contributed by atoms with Crippen molar-refractivity contribution >= 4 is 17.0 Å². The largest absolute Gasteiger partial charge is 0.493 e. The number of methoxy groups -OCH3 is 1. The van der Waals surface area contributed by atoms with Crippen molar-refractivity contribution in [2.45, 2.75) is 13.1 Å². The van der Waals surface area contributed by atoms with Gasteiger partial charge in [0.1, 0.15) is 24.2 Å². The quantitative estimate of drug-likeness (QED) is 0.646. The van der Waals surface area contributed by atoms with Crippen LogP contribution in [0, 0.1) is 0 Å². The summed E-state index contributed by atoms with van der Waals surface area (Å²) in [5, 5.41) is 9.27. The van der Waals surface area contributed by atoms with Crippen LogP contribution in [-0.2, 0) is 13.1 Å². The van der Waals surface area contributed by atoms with E-state index in [1.54, 1.807) is 7.11 Å². The second-order valence-corrected chi connectivity index (χ2v) is 5.37. The Labute approximate surface area is 140 Å². The van der Waals surface area contributed by atoms with E-state index in [0.29, 0.717) is 37.1 Å². The van der Waals surface area contributed by atoms with Crippen LogP contribution < -0.4 is 19.8 Å². The molecule has 3 N–H and O–H groups in total. The van der Waals surface area contributed by atoms with Crippen molar-refractivity contribution in [3.63, 3.8) is 0 Å². The summed E-state index contributed by atoms with van der Waals surface area (Å²) in [7, 11) is 1.62. The van der Waals surface area contributed by atoms with E-state index < -0.39 is 0 Å². The van der Waals surface area contributed by atoms with E-state index in [1.807, 2.05) is 57.7 Å². The molecule has 24 heavy (non-hydrogen) atoms. The molecule has 3 rings (SSSR count). The molecule has 126 valence electrons. The highest BCUT2D eigenvalue weighted by atomic mass is 16.5. The fourth-order valence-corrected chi connectivity index (χ4v) is 2.87. The first-order chi connectivity index (χ1) is 11.8. The summed E-state index contributed by atoms with van der Waals surface area (Å²) in [5.41, 5.74) is 8.29. The second kappa shape index (κ2) is 7.23. The van der Waals surface area contributed by atoms with Crippen LogP contribution in [-0.4, -0.2) is 30.0 Å². The Hall–Kier alpha value is -2.73. The van der Waals surface area contributed by atoms with Crippen LogP contribution in [0.25, 0.3) is 11.0 Å². The minimum absolute atomic E-state index is 0.0423. The molecule has 0 aliphatic heterocycles. The van der Waals surface area contributed by atoms with Crippen LogP contribution in [0.3, 0.4) is 0 Å². The summed E-state index contributed by atoms with van der Waals surface area (Å²) in [6.45, 7) is 1.57. The number of benzene rings is 2. The molecule has 2 aromatic carbocycles. The standard InChI is InChI=1S/C18H21N3O3/c1-23-16-8-4-5-9-17(16)24-13-11-21-15-7-3-2-6-14(15)20(10-12-22)18(21)19/h2-9,19,22H,10-13H2,1H3/p+1. The van der Waals surface area contributed by atoms with Crippen molar-refractivity contribution in [3.05, 3.63) is 48.5 Å². The summed E-state index contributed by atoms with van der Waals surface area (Å²) in [5.74, 6) is 2.02. The third kappa shape index (κ3) is 3.00. The first-order valence-corrected chi connectivity index (χ1v) is 7.89. The van der Waals surface area contributed by atoms with Crippen molar-refractivity contribution < 1.29 is 19.1 Å². The van der Waals surface area contributed by atoms with Gasteiger partial charge in [0, 0.05) is 0 Å². The van der Waals surface area contributed by atoms with Gasteiger partial charge in [0.05, 0.1) is 20.3 Å². The molecule has 0 atom stereocenters. The van der Waals surface area contributed by atoms with Gasteiger partial charge in [-0.2, -0.15) is 0 Å². The zero-order valence-corrected chi connectivity index (χ0v) is 13.7. The molecule has 0 unspecified atom stereocenters. The zero-order chi connectivity index (χ0) is 16.9. The van der Waals surface area contributed by atoms with E-state index in [-0.39, 0.29) is 6.61 Å². The van der Waals surface area contributed by atoms with Crippen molar-refractivity contribution in [2.75, 3.05) is 26.1 Å². The van der Waals surface area contributed by atoms with Gasteiger partial charge in [-0.25, -0.2) is 9.13 Å². The molecule has 6 nitrogen and oxygen atoms in total. The molecule has 0 amide bonds. The maximum atomic E-state index is 9.27. The molecule has 0 saturated heterocycles. The maximum Gasteiger partial charge on any atom is 0.356 e. The number of aromatic nitrogens is 2. The topological polar surface area (TPSA) is 73.5 Å². The van der Waals surface area contributed by atoms with Gasteiger partial charge < -0.3 is 14.6 Å². The number of hydrogen-bond acceptors (Lipinski definition) is 4. The number of aliphatic hydroxyl groups excluding tert-OH is 1. The Bertz CT molecular complexity index is 829. The molecule has 0 fully saturated rings. The minimum Gasteiger partial charge on any atom is -0.493 e. The van der Waals surface area contributed by atoms with E-state index in [9.17, 15) is 5.11 Å². The smallest absolute Gasteiger partial charge is 0.356 e. The van der Waals surface area contributed by atoms with Crippen LogP contribution >= 0.6 is 0 Å². The van der Waals surface area contributed by atoms with E-state index >= 15 is 0 Å². The molecule has 6 heteroatoms. The first-order valence-electron chi connectivity index (χ1n) is 7.89. The molecule has 1 heterocycles. The molecular formula is C18H22N3O3+. The summed E-state index contributed by atoms with van der Waals surface area (Å²) in [4.78, 5) is 0. The van der Waals surface area contributed by atoms with Gasteiger partial charge in [0.25, 0.3) is 0 Å². The predicted octanol–water partition coefficient (Wildman–Crippen LogP) is 1.59. The van der Waals surface area contributed by atoms with E-state index in [4.69, 9.17) is 15.2 Å². The number of ether oxygens (including phenoxy) is 2. The second-order valence-electron chi connectivity index (χ2n) is 5.37. The Morgan fingerprint density at radius 2 is 1.79 bits per heavy atom. The third-order valence-corrected chi connectivity index (χ3v) is 3.98. The molecule has 0 radical (unpaired) electrons. The molecular weight excluding hydrogens is 306 g/mol. The predicted molar refractivity (Wildman–Crippen MR) is 92.1 cm³/mol. The fourth-order valence-electron chi connectivity index (χ4n) is 2.87. The van der Waals surface area contributed by atoms with E-state index in [2.05, 4.69) is 0 Å². The molecule has 0 saturated carbocycles. The lowest BCUT2D eigenvalue weighted by Gasteiger charge is -2.10. The highest BCUT2D eigenvalue weighted by molar-refractivity contribution is 5.73. The first kappa shape index (κ1) is 16.1. The summed E-state index contributed by atoms with van der Waals surface area (Å²) in [6, 6.07) is 15.5. The number of fused-ring (bicyclic) bond motifs is 1.